The second-order valence-electron chi connectivity index (χ2n) is 20.7. The van der Waals surface area contributed by atoms with Crippen LogP contribution in [0.5, 0.6) is 0 Å². The van der Waals surface area contributed by atoms with Gasteiger partial charge in [0.15, 0.2) is 0 Å². The Hall–Kier alpha value is -10.6. The lowest BCUT2D eigenvalue weighted by Crippen LogP contribution is -1.89. The SMILES string of the molecule is C1=Cc2nc1c(-c1ccccc1)c1ccc(o1)c(-c1ccccc1)c1nc(c(-c3c4nc(c(-c5ccccc5)c5ccc(o5)c(-c5ccccc5)c5nc(c(-c6ccccc6)c6ccc3s6)C=C5)C=C4)c3ccc(s3)c2-c2ccccc2)C=C1. The minimum absolute atomic E-state index is 0.694. The highest BCUT2D eigenvalue weighted by atomic mass is 32.1. The molecule has 0 atom stereocenters. The quantitative estimate of drug-likeness (QED) is 0.158. The van der Waals surface area contributed by atoms with Gasteiger partial charge in [-0.15, -0.1) is 22.7 Å². The lowest BCUT2D eigenvalue weighted by molar-refractivity contribution is 0.667. The highest BCUT2D eigenvalue weighted by Crippen LogP contribution is 2.47. The molecule has 0 amide bonds. The molecule has 84 heavy (non-hydrogen) atoms. The third kappa shape index (κ3) is 8.71. The van der Waals surface area contributed by atoms with Crippen molar-refractivity contribution in [3.05, 3.63) is 276 Å². The number of thiophene rings is 2. The van der Waals surface area contributed by atoms with E-state index in [4.69, 9.17) is 28.8 Å². The average molecular weight is 1110 g/mol. The van der Waals surface area contributed by atoms with Crippen molar-refractivity contribution in [1.82, 2.24) is 19.9 Å². The van der Waals surface area contributed by atoms with Crippen LogP contribution >= 0.6 is 22.7 Å². The zero-order valence-corrected chi connectivity index (χ0v) is 46.6. The molecule has 6 nitrogen and oxygen atoms in total. The molecule has 4 aliphatic heterocycles. The van der Waals surface area contributed by atoms with Gasteiger partial charge in [-0.2, -0.15) is 0 Å². The third-order valence-electron chi connectivity index (χ3n) is 15.6. The van der Waals surface area contributed by atoms with E-state index in [0.29, 0.717) is 22.3 Å². The van der Waals surface area contributed by atoms with E-state index in [1.165, 1.54) is 0 Å². The van der Waals surface area contributed by atoms with E-state index >= 15 is 0 Å². The fourth-order valence-corrected chi connectivity index (χ4v) is 14.2. The van der Waals surface area contributed by atoms with Gasteiger partial charge in [0.05, 0.1) is 67.8 Å². The van der Waals surface area contributed by atoms with Crippen LogP contribution in [0.1, 0.15) is 45.6 Å². The molecule has 0 unspecified atom stereocenters. The molecule has 4 aliphatic rings. The number of rotatable bonds is 7. The van der Waals surface area contributed by atoms with Crippen molar-refractivity contribution in [3.63, 3.8) is 0 Å². The summed E-state index contributed by atoms with van der Waals surface area (Å²) in [4.78, 5) is 22.6. The fraction of sp³-hybridized carbons (Fsp3) is 0. The Kier molecular flexibility index (Phi) is 12.1. The number of hydrogen-bond acceptors (Lipinski definition) is 8. The van der Waals surface area contributed by atoms with Gasteiger partial charge < -0.3 is 8.83 Å². The number of benzene rings is 6. The standard InChI is InChI=1S/C76H46N4O2S2/c1-7-19-47(20-8-1)69-53-31-35-57(77-53)73(51-27-15-5-16-28-51)65-43-45-67(83-65)75(59-37-33-55(79-59)71(49-23-11-3-12-24-49)63-41-39-61(69)81-63)76-60-38-34-56(80-60)72(50-25-13-4-14-26-50)64-42-40-62(82-64)70(48-21-9-2-10-22-48)54-32-36-58(78-54)74(52-29-17-6-18-30-52)66-44-46-68(76)84-66/h1-46H. The van der Waals surface area contributed by atoms with E-state index in [9.17, 15) is 0 Å². The smallest absolute Gasteiger partial charge is 0.137 e. The number of nitrogens with zero attached hydrogens (tertiary/aromatic N) is 4. The Balaban J connectivity index is 1.09. The van der Waals surface area contributed by atoms with Crippen molar-refractivity contribution in [1.29, 1.82) is 0 Å². The first kappa shape index (κ1) is 49.2. The number of hydrogen-bond donors (Lipinski definition) is 0. The molecule has 0 saturated carbocycles. The maximum absolute atomic E-state index is 7.13. The van der Waals surface area contributed by atoms with Crippen LogP contribution in [0.2, 0.25) is 0 Å². The van der Waals surface area contributed by atoms with E-state index < -0.39 is 0 Å². The first-order valence-corrected chi connectivity index (χ1v) is 29.6. The highest BCUT2D eigenvalue weighted by molar-refractivity contribution is 7.25. The molecule has 394 valence electrons. The zero-order valence-electron chi connectivity index (χ0n) is 45.0. The van der Waals surface area contributed by atoms with Gasteiger partial charge in [-0.1, -0.05) is 182 Å². The van der Waals surface area contributed by atoms with Crippen LogP contribution in [0.4, 0.5) is 0 Å². The Morgan fingerprint density at radius 1 is 0.190 bits per heavy atom. The summed E-state index contributed by atoms with van der Waals surface area (Å²) in [5, 5.41) is 0. The maximum Gasteiger partial charge on any atom is 0.137 e. The largest absolute Gasteiger partial charge is 0.456 e. The summed E-state index contributed by atoms with van der Waals surface area (Å²) in [5.74, 6) is 0. The first-order valence-electron chi connectivity index (χ1n) is 27.9. The van der Waals surface area contributed by atoms with Crippen LogP contribution in [-0.4, -0.2) is 19.9 Å². The molecule has 0 radical (unpaired) electrons. The second kappa shape index (κ2) is 20.7. The molecule has 16 bridgehead atoms. The van der Waals surface area contributed by atoms with Crippen LogP contribution in [0.15, 0.2) is 239 Å². The predicted molar refractivity (Wildman–Crippen MR) is 352 cm³/mol. The van der Waals surface area contributed by atoms with Gasteiger partial charge in [0.1, 0.15) is 22.3 Å². The molecule has 0 saturated heterocycles. The molecule has 16 rings (SSSR count). The minimum atomic E-state index is 0.694. The summed E-state index contributed by atoms with van der Waals surface area (Å²) in [7, 11) is 0. The Bertz CT molecular complexity index is 4700. The summed E-state index contributed by atoms with van der Waals surface area (Å²) < 4.78 is 18.4. The van der Waals surface area contributed by atoms with Gasteiger partial charge in [0.2, 0.25) is 0 Å². The first-order chi connectivity index (χ1) is 41.6. The lowest BCUT2D eigenvalue weighted by Gasteiger charge is -2.07. The summed E-state index contributed by atoms with van der Waals surface area (Å²) in [5.41, 5.74) is 22.9. The van der Waals surface area contributed by atoms with Crippen molar-refractivity contribution in [2.75, 3.05) is 0 Å². The average Bonchev–Trinajstić information content (AvgIpc) is 3.33. The summed E-state index contributed by atoms with van der Waals surface area (Å²) >= 11 is 3.48. The van der Waals surface area contributed by atoms with Gasteiger partial charge in [-0.05, 0) is 131 Å². The van der Waals surface area contributed by atoms with Crippen molar-refractivity contribution in [2.45, 2.75) is 0 Å². The lowest BCUT2D eigenvalue weighted by atomic mass is 10.0. The third-order valence-corrected chi connectivity index (χ3v) is 17.9. The second-order valence-corrected chi connectivity index (χ2v) is 22.9. The van der Waals surface area contributed by atoms with Crippen molar-refractivity contribution in [3.8, 4) is 77.9 Å². The van der Waals surface area contributed by atoms with Crippen LogP contribution in [0.3, 0.4) is 0 Å². The normalized spacial score (nSPS) is 12.3. The molecule has 0 aliphatic carbocycles. The van der Waals surface area contributed by atoms with E-state index in [-0.39, 0.29) is 0 Å². The van der Waals surface area contributed by atoms with E-state index in [2.05, 4.69) is 255 Å². The van der Waals surface area contributed by atoms with Gasteiger partial charge in [0, 0.05) is 41.1 Å². The summed E-state index contributed by atoms with van der Waals surface area (Å²) in [6, 6.07) is 80.2. The summed E-state index contributed by atoms with van der Waals surface area (Å²) in [6.07, 6.45) is 17.1. The number of furan rings is 2. The molecular weight excluding hydrogens is 1060 g/mol. The molecule has 8 heteroatoms. The number of aromatic nitrogens is 4. The molecule has 0 fully saturated rings. The fourth-order valence-electron chi connectivity index (χ4n) is 11.9. The molecule has 10 heterocycles. The van der Waals surface area contributed by atoms with Crippen molar-refractivity contribution in [2.24, 2.45) is 0 Å². The van der Waals surface area contributed by atoms with Gasteiger partial charge in [-0.3, -0.25) is 0 Å². The maximum atomic E-state index is 7.13. The zero-order chi connectivity index (χ0) is 55.5. The minimum Gasteiger partial charge on any atom is -0.456 e. The molecular formula is C76H46N4O2S2. The number of fused-ring (bicyclic) bond motifs is 16. The molecule has 0 N–H and O–H groups in total. The summed E-state index contributed by atoms with van der Waals surface area (Å²) in [6.45, 7) is 0. The van der Waals surface area contributed by atoms with Crippen LogP contribution in [0, 0.1) is 0 Å². The van der Waals surface area contributed by atoms with Crippen LogP contribution in [0.25, 0.3) is 168 Å². The van der Waals surface area contributed by atoms with E-state index in [1.807, 2.05) is 24.3 Å². The Morgan fingerprint density at radius 3 is 0.619 bits per heavy atom. The van der Waals surface area contributed by atoms with Crippen molar-refractivity contribution >= 4 is 112 Å². The molecule has 6 aromatic carbocycles. The van der Waals surface area contributed by atoms with Gasteiger partial charge in [0.25, 0.3) is 0 Å². The highest BCUT2D eigenvalue weighted by Gasteiger charge is 2.25. The monoisotopic (exact) mass is 1110 g/mol. The van der Waals surface area contributed by atoms with Gasteiger partial charge >= 0.3 is 0 Å². The topological polar surface area (TPSA) is 77.8 Å². The molecule has 12 aromatic rings. The predicted octanol–water partition coefficient (Wildman–Crippen LogP) is 21.3. The van der Waals surface area contributed by atoms with E-state index in [1.54, 1.807) is 22.7 Å². The molecule has 6 aromatic heterocycles. The van der Waals surface area contributed by atoms with Crippen LogP contribution < -0.4 is 0 Å². The van der Waals surface area contributed by atoms with E-state index in [0.717, 1.165) is 142 Å². The van der Waals surface area contributed by atoms with Gasteiger partial charge in [-0.25, -0.2) is 19.9 Å². The van der Waals surface area contributed by atoms with Crippen LogP contribution in [-0.2, 0) is 0 Å². The van der Waals surface area contributed by atoms with Crippen molar-refractivity contribution < 1.29 is 8.83 Å². The molecule has 0 spiro atoms. The Labute approximate surface area is 492 Å². The Morgan fingerprint density at radius 2 is 0.381 bits per heavy atom.